The molecule has 0 saturated carbocycles. The van der Waals surface area contributed by atoms with Crippen molar-refractivity contribution in [2.24, 2.45) is 0 Å². The van der Waals surface area contributed by atoms with Crippen molar-refractivity contribution in [2.75, 3.05) is 20.8 Å². The molecule has 0 spiro atoms. The van der Waals surface area contributed by atoms with E-state index in [9.17, 15) is 9.59 Å². The van der Waals surface area contributed by atoms with E-state index in [2.05, 4.69) is 16.5 Å². The van der Waals surface area contributed by atoms with Crippen LogP contribution in [0.5, 0.6) is 0 Å². The van der Waals surface area contributed by atoms with E-state index in [4.69, 9.17) is 14.4 Å². The Morgan fingerprint density at radius 1 is 1.08 bits per heavy atom. The lowest BCUT2D eigenvalue weighted by Gasteiger charge is -2.14. The van der Waals surface area contributed by atoms with Crippen LogP contribution in [0.1, 0.15) is 42.1 Å². The summed E-state index contributed by atoms with van der Waals surface area (Å²) in [6.07, 6.45) is 2.26. The summed E-state index contributed by atoms with van der Waals surface area (Å²) in [7, 11) is 2.54. The molecule has 0 fully saturated rings. The Bertz CT molecular complexity index is 498. The van der Waals surface area contributed by atoms with Crippen LogP contribution in [0.2, 0.25) is 0 Å². The summed E-state index contributed by atoms with van der Waals surface area (Å²) in [4.78, 5) is 32.4. The third kappa shape index (κ3) is 7.43. The van der Waals surface area contributed by atoms with Gasteiger partial charge in [0.15, 0.2) is 0 Å². The monoisotopic (exact) mass is 340 g/mol. The molecule has 0 saturated heterocycles. The van der Waals surface area contributed by atoms with Crippen molar-refractivity contribution in [1.82, 2.24) is 0 Å². The normalized spacial score (nSPS) is 11.6. The molecule has 0 aromatic heterocycles. The van der Waals surface area contributed by atoms with E-state index in [0.29, 0.717) is 5.56 Å². The fourth-order valence-corrected chi connectivity index (χ4v) is 1.91. The van der Waals surface area contributed by atoms with Crippen molar-refractivity contribution in [3.8, 4) is 0 Å². The molecule has 1 aromatic rings. The molecule has 24 heavy (non-hydrogen) atoms. The first-order valence-corrected chi connectivity index (χ1v) is 7.80. The minimum Gasteiger partial charge on any atom is -0.438 e. The zero-order chi connectivity index (χ0) is 17.8. The Labute approximate surface area is 141 Å². The summed E-state index contributed by atoms with van der Waals surface area (Å²) in [6.45, 7) is 2.04. The summed E-state index contributed by atoms with van der Waals surface area (Å²) < 4.78 is 13.9. The maximum atomic E-state index is 11.9. The molecule has 7 heteroatoms. The number of unbranched alkanes of at least 4 members (excludes halogenated alkanes) is 2. The van der Waals surface area contributed by atoms with Gasteiger partial charge >= 0.3 is 12.1 Å². The molecular formula is C17H24O7. The first kappa shape index (κ1) is 19.9. The highest BCUT2D eigenvalue weighted by molar-refractivity contribution is 5.88. The van der Waals surface area contributed by atoms with Crippen LogP contribution in [0.4, 0.5) is 4.79 Å². The van der Waals surface area contributed by atoms with Gasteiger partial charge in [0.05, 0.1) is 12.7 Å². The second-order valence-corrected chi connectivity index (χ2v) is 5.08. The Hall–Kier alpha value is -2.12. The van der Waals surface area contributed by atoms with Gasteiger partial charge in [0, 0.05) is 7.11 Å². The van der Waals surface area contributed by atoms with Crippen LogP contribution in [0.3, 0.4) is 0 Å². The molecule has 1 aromatic carbocycles. The number of hydrogen-bond acceptors (Lipinski definition) is 7. The number of benzene rings is 1. The minimum atomic E-state index is -1.21. The van der Waals surface area contributed by atoms with Gasteiger partial charge < -0.3 is 14.2 Å². The van der Waals surface area contributed by atoms with E-state index in [0.717, 1.165) is 31.9 Å². The average molecular weight is 340 g/mol. The fraction of sp³-hybridized carbons (Fsp3) is 0.529. The van der Waals surface area contributed by atoms with Gasteiger partial charge in [-0.1, -0.05) is 31.9 Å². The van der Waals surface area contributed by atoms with E-state index >= 15 is 0 Å². The maximum Gasteiger partial charge on any atom is 0.510 e. The van der Waals surface area contributed by atoms with E-state index in [1.165, 1.54) is 13.5 Å². The molecule has 0 aliphatic carbocycles. The third-order valence-electron chi connectivity index (χ3n) is 3.19. The van der Waals surface area contributed by atoms with Gasteiger partial charge in [0.2, 0.25) is 0 Å². The van der Waals surface area contributed by atoms with Gasteiger partial charge in [-0.15, -0.1) is 4.89 Å². The molecule has 0 bridgehead atoms. The highest BCUT2D eigenvalue weighted by atomic mass is 17.2. The number of methoxy groups -OCH3 is 2. The molecule has 0 heterocycles. The standard InChI is InChI=1S/C17H24O7/c1-4-5-6-7-13-8-10-14(11-9-13)16(18)24-23-15(12-20-2)22-17(19)21-3/h8-11,15H,4-7,12H2,1-3H3. The minimum absolute atomic E-state index is 0.112. The Morgan fingerprint density at radius 2 is 1.79 bits per heavy atom. The highest BCUT2D eigenvalue weighted by Crippen LogP contribution is 2.11. The van der Waals surface area contributed by atoms with Gasteiger partial charge in [0.1, 0.15) is 6.61 Å². The summed E-state index contributed by atoms with van der Waals surface area (Å²) >= 11 is 0. The molecule has 1 unspecified atom stereocenters. The molecule has 1 atom stereocenters. The largest absolute Gasteiger partial charge is 0.510 e. The van der Waals surface area contributed by atoms with Crippen molar-refractivity contribution < 1.29 is 33.6 Å². The zero-order valence-electron chi connectivity index (χ0n) is 14.3. The van der Waals surface area contributed by atoms with Crippen molar-refractivity contribution in [3.63, 3.8) is 0 Å². The lowest BCUT2D eigenvalue weighted by molar-refractivity contribution is -0.335. The van der Waals surface area contributed by atoms with Crippen molar-refractivity contribution >= 4 is 12.1 Å². The summed E-state index contributed by atoms with van der Waals surface area (Å²) in [5, 5.41) is 0. The van der Waals surface area contributed by atoms with E-state index in [-0.39, 0.29) is 6.61 Å². The van der Waals surface area contributed by atoms with Crippen LogP contribution in [0, 0.1) is 0 Å². The number of carbonyl (C=O) groups excluding carboxylic acids is 2. The van der Waals surface area contributed by atoms with Gasteiger partial charge in [-0.25, -0.2) is 9.59 Å². The molecule has 1 rings (SSSR count). The van der Waals surface area contributed by atoms with Gasteiger partial charge in [-0.05, 0) is 30.5 Å². The smallest absolute Gasteiger partial charge is 0.438 e. The molecule has 0 N–H and O–H groups in total. The first-order valence-electron chi connectivity index (χ1n) is 7.80. The Kier molecular flexibility index (Phi) is 9.48. The number of hydrogen-bond donors (Lipinski definition) is 0. The predicted octanol–water partition coefficient (Wildman–Crippen LogP) is 3.26. The van der Waals surface area contributed by atoms with Gasteiger partial charge in [0.25, 0.3) is 6.29 Å². The zero-order valence-corrected chi connectivity index (χ0v) is 14.3. The number of carbonyl (C=O) groups is 2. The van der Waals surface area contributed by atoms with Crippen molar-refractivity contribution in [1.29, 1.82) is 0 Å². The maximum absolute atomic E-state index is 11.9. The fourth-order valence-electron chi connectivity index (χ4n) is 1.91. The SMILES string of the molecule is CCCCCc1ccc(C(=O)OOC(COC)OC(=O)OC)cc1. The van der Waals surface area contributed by atoms with Crippen LogP contribution in [-0.4, -0.2) is 39.2 Å². The summed E-state index contributed by atoms with van der Waals surface area (Å²) in [6, 6.07) is 7.09. The van der Waals surface area contributed by atoms with E-state index in [1.54, 1.807) is 12.1 Å². The molecule has 0 aliphatic heterocycles. The van der Waals surface area contributed by atoms with E-state index in [1.807, 2.05) is 12.1 Å². The van der Waals surface area contributed by atoms with Gasteiger partial charge in [-0.2, -0.15) is 0 Å². The summed E-state index contributed by atoms with van der Waals surface area (Å²) in [5.74, 6) is -0.690. The molecule has 134 valence electrons. The first-order chi connectivity index (χ1) is 11.6. The van der Waals surface area contributed by atoms with Crippen LogP contribution in [0.15, 0.2) is 24.3 Å². The Balaban J connectivity index is 2.49. The number of ether oxygens (including phenoxy) is 3. The second-order valence-electron chi connectivity index (χ2n) is 5.08. The lowest BCUT2D eigenvalue weighted by Crippen LogP contribution is -2.27. The van der Waals surface area contributed by atoms with Crippen LogP contribution < -0.4 is 0 Å². The van der Waals surface area contributed by atoms with Crippen LogP contribution >= 0.6 is 0 Å². The second kappa shape index (κ2) is 11.4. The number of rotatable bonds is 10. The topological polar surface area (TPSA) is 80.3 Å². The quantitative estimate of drug-likeness (QED) is 0.213. The molecular weight excluding hydrogens is 316 g/mol. The molecule has 7 nitrogen and oxygen atoms in total. The molecule has 0 radical (unpaired) electrons. The van der Waals surface area contributed by atoms with Gasteiger partial charge in [-0.3, -0.25) is 4.89 Å². The molecule has 0 aliphatic rings. The number of aryl methyl sites for hydroxylation is 1. The van der Waals surface area contributed by atoms with Crippen LogP contribution in [0.25, 0.3) is 0 Å². The van der Waals surface area contributed by atoms with E-state index < -0.39 is 18.4 Å². The lowest BCUT2D eigenvalue weighted by atomic mass is 10.1. The third-order valence-corrected chi connectivity index (χ3v) is 3.19. The van der Waals surface area contributed by atoms with Crippen molar-refractivity contribution in [2.45, 2.75) is 38.9 Å². The van der Waals surface area contributed by atoms with Crippen molar-refractivity contribution in [3.05, 3.63) is 35.4 Å². The summed E-state index contributed by atoms with van der Waals surface area (Å²) in [5.41, 5.74) is 1.50. The Morgan fingerprint density at radius 3 is 2.38 bits per heavy atom. The van der Waals surface area contributed by atoms with Crippen LogP contribution in [-0.2, 0) is 30.4 Å². The predicted molar refractivity (Wildman–Crippen MR) is 85.3 cm³/mol. The molecule has 0 amide bonds. The highest BCUT2D eigenvalue weighted by Gasteiger charge is 2.19. The average Bonchev–Trinajstić information content (AvgIpc) is 2.60.